The van der Waals surface area contributed by atoms with Crippen molar-refractivity contribution < 1.29 is 8.42 Å². The summed E-state index contributed by atoms with van der Waals surface area (Å²) in [5, 5.41) is 0. The molecular formula is C17H18N4O3S. The van der Waals surface area contributed by atoms with Gasteiger partial charge in [-0.05, 0) is 55.3 Å². The fourth-order valence-corrected chi connectivity index (χ4v) is 4.19. The van der Waals surface area contributed by atoms with E-state index >= 15 is 0 Å². The molecule has 0 saturated carbocycles. The van der Waals surface area contributed by atoms with Gasteiger partial charge in [0.2, 0.25) is 0 Å². The summed E-state index contributed by atoms with van der Waals surface area (Å²) in [6.07, 6.45) is 2.39. The van der Waals surface area contributed by atoms with Crippen molar-refractivity contribution in [3.8, 4) is 0 Å². The van der Waals surface area contributed by atoms with Crippen LogP contribution in [0.15, 0.2) is 52.2 Å². The second-order valence-electron chi connectivity index (χ2n) is 6.13. The first-order valence-corrected chi connectivity index (χ1v) is 9.59. The number of benzene rings is 2. The van der Waals surface area contributed by atoms with Crippen LogP contribution in [-0.4, -0.2) is 31.5 Å². The highest BCUT2D eigenvalue weighted by molar-refractivity contribution is 7.92. The molecule has 0 amide bonds. The summed E-state index contributed by atoms with van der Waals surface area (Å²) in [4.78, 5) is 18.8. The molecule has 2 heterocycles. The van der Waals surface area contributed by atoms with Crippen LogP contribution < -0.4 is 15.3 Å². The van der Waals surface area contributed by atoms with Crippen molar-refractivity contribution in [2.75, 3.05) is 22.7 Å². The van der Waals surface area contributed by atoms with Crippen molar-refractivity contribution in [3.05, 3.63) is 52.9 Å². The lowest BCUT2D eigenvalue weighted by atomic mass is 10.2. The van der Waals surface area contributed by atoms with Crippen LogP contribution >= 0.6 is 0 Å². The Bertz CT molecular complexity index is 1060. The van der Waals surface area contributed by atoms with Gasteiger partial charge in [-0.2, -0.15) is 0 Å². The van der Waals surface area contributed by atoms with E-state index in [1.165, 1.54) is 25.0 Å². The molecule has 4 rings (SSSR count). The van der Waals surface area contributed by atoms with Gasteiger partial charge in [0, 0.05) is 24.5 Å². The predicted molar refractivity (Wildman–Crippen MR) is 97.6 cm³/mol. The van der Waals surface area contributed by atoms with E-state index in [1.54, 1.807) is 18.2 Å². The van der Waals surface area contributed by atoms with Crippen LogP contribution in [0, 0.1) is 0 Å². The van der Waals surface area contributed by atoms with E-state index in [0.29, 0.717) is 16.7 Å². The van der Waals surface area contributed by atoms with Gasteiger partial charge in [0.15, 0.2) is 0 Å². The molecule has 1 fully saturated rings. The average Bonchev–Trinajstić information content (AvgIpc) is 3.22. The second kappa shape index (κ2) is 5.96. The third kappa shape index (κ3) is 3.12. The fraction of sp³-hybridized carbons (Fsp3) is 0.235. The SMILES string of the molecule is O=c1[nH]c2ccc(S(=O)(=O)Nc3ccc(N4CCCC4)cc3)cc2[nH]1. The highest BCUT2D eigenvalue weighted by Gasteiger charge is 2.16. The molecule has 130 valence electrons. The zero-order valence-electron chi connectivity index (χ0n) is 13.5. The first kappa shape index (κ1) is 15.8. The number of nitrogens with one attached hydrogen (secondary N) is 3. The lowest BCUT2D eigenvalue weighted by Gasteiger charge is -2.18. The van der Waals surface area contributed by atoms with Crippen molar-refractivity contribution >= 4 is 32.4 Å². The normalized spacial score (nSPS) is 15.0. The first-order valence-electron chi connectivity index (χ1n) is 8.11. The van der Waals surface area contributed by atoms with Crippen LogP contribution in [0.4, 0.5) is 11.4 Å². The summed E-state index contributed by atoms with van der Waals surface area (Å²) in [7, 11) is -3.73. The smallest absolute Gasteiger partial charge is 0.323 e. The first-order chi connectivity index (χ1) is 12.0. The van der Waals surface area contributed by atoms with Gasteiger partial charge >= 0.3 is 5.69 Å². The van der Waals surface area contributed by atoms with Gasteiger partial charge in [0.05, 0.1) is 15.9 Å². The van der Waals surface area contributed by atoms with Crippen LogP contribution in [0.1, 0.15) is 12.8 Å². The van der Waals surface area contributed by atoms with E-state index in [-0.39, 0.29) is 10.6 Å². The van der Waals surface area contributed by atoms with Crippen LogP contribution in [-0.2, 0) is 10.0 Å². The second-order valence-corrected chi connectivity index (χ2v) is 7.82. The molecule has 25 heavy (non-hydrogen) atoms. The Kier molecular flexibility index (Phi) is 3.76. The van der Waals surface area contributed by atoms with E-state index in [0.717, 1.165) is 18.8 Å². The summed E-state index contributed by atoms with van der Waals surface area (Å²) in [5.74, 6) is 0. The molecule has 8 heteroatoms. The maximum Gasteiger partial charge on any atom is 0.323 e. The monoisotopic (exact) mass is 358 g/mol. The minimum atomic E-state index is -3.73. The molecule has 2 aromatic carbocycles. The maximum atomic E-state index is 12.6. The molecule has 0 radical (unpaired) electrons. The number of hydrogen-bond acceptors (Lipinski definition) is 4. The highest BCUT2D eigenvalue weighted by Crippen LogP contribution is 2.24. The number of fused-ring (bicyclic) bond motifs is 1. The van der Waals surface area contributed by atoms with Crippen LogP contribution in [0.5, 0.6) is 0 Å². The molecule has 1 aromatic heterocycles. The number of hydrogen-bond donors (Lipinski definition) is 3. The van der Waals surface area contributed by atoms with Gasteiger partial charge in [-0.1, -0.05) is 0 Å². The number of nitrogens with zero attached hydrogens (tertiary/aromatic N) is 1. The Morgan fingerprint density at radius 3 is 2.32 bits per heavy atom. The number of imidazole rings is 1. The molecule has 0 bridgehead atoms. The van der Waals surface area contributed by atoms with Crippen LogP contribution in [0.3, 0.4) is 0 Å². The number of anilines is 2. The van der Waals surface area contributed by atoms with E-state index in [9.17, 15) is 13.2 Å². The lowest BCUT2D eigenvalue weighted by molar-refractivity contribution is 0.601. The Labute approximate surface area is 144 Å². The van der Waals surface area contributed by atoms with Gasteiger partial charge in [-0.3, -0.25) is 4.72 Å². The third-order valence-electron chi connectivity index (χ3n) is 4.39. The molecule has 0 aliphatic carbocycles. The Balaban J connectivity index is 1.58. The number of rotatable bonds is 4. The van der Waals surface area contributed by atoms with Crippen molar-refractivity contribution in [2.24, 2.45) is 0 Å². The van der Waals surface area contributed by atoms with E-state index in [4.69, 9.17) is 0 Å². The van der Waals surface area contributed by atoms with Gasteiger partial charge in [0.1, 0.15) is 0 Å². The van der Waals surface area contributed by atoms with Crippen LogP contribution in [0.2, 0.25) is 0 Å². The van der Waals surface area contributed by atoms with E-state index < -0.39 is 10.0 Å². The molecule has 0 spiro atoms. The zero-order chi connectivity index (χ0) is 17.4. The lowest BCUT2D eigenvalue weighted by Crippen LogP contribution is -2.17. The molecule has 3 aromatic rings. The Hall–Kier alpha value is -2.74. The van der Waals surface area contributed by atoms with Gasteiger partial charge in [-0.25, -0.2) is 13.2 Å². The van der Waals surface area contributed by atoms with Crippen molar-refractivity contribution in [1.82, 2.24) is 9.97 Å². The zero-order valence-corrected chi connectivity index (χ0v) is 14.3. The molecule has 1 saturated heterocycles. The van der Waals surface area contributed by atoms with Crippen molar-refractivity contribution in [1.29, 1.82) is 0 Å². The number of sulfonamides is 1. The number of H-pyrrole nitrogens is 2. The summed E-state index contributed by atoms with van der Waals surface area (Å²) in [6, 6.07) is 11.9. The summed E-state index contributed by atoms with van der Waals surface area (Å²) < 4.78 is 27.7. The Morgan fingerprint density at radius 2 is 1.60 bits per heavy atom. The van der Waals surface area contributed by atoms with E-state index in [2.05, 4.69) is 19.6 Å². The van der Waals surface area contributed by atoms with Gasteiger partial charge in [0.25, 0.3) is 10.0 Å². The maximum absolute atomic E-state index is 12.6. The minimum absolute atomic E-state index is 0.0962. The summed E-state index contributed by atoms with van der Waals surface area (Å²) in [6.45, 7) is 2.08. The fourth-order valence-electron chi connectivity index (χ4n) is 3.11. The topological polar surface area (TPSA) is 98.1 Å². The van der Waals surface area contributed by atoms with Crippen molar-refractivity contribution in [3.63, 3.8) is 0 Å². The minimum Gasteiger partial charge on any atom is -0.372 e. The average molecular weight is 358 g/mol. The van der Waals surface area contributed by atoms with Crippen LogP contribution in [0.25, 0.3) is 11.0 Å². The van der Waals surface area contributed by atoms with E-state index in [1.807, 2.05) is 12.1 Å². The summed E-state index contributed by atoms with van der Waals surface area (Å²) in [5.41, 5.74) is 2.27. The molecule has 1 aliphatic rings. The molecule has 1 aliphatic heterocycles. The molecular weight excluding hydrogens is 340 g/mol. The van der Waals surface area contributed by atoms with Gasteiger partial charge in [-0.15, -0.1) is 0 Å². The Morgan fingerprint density at radius 1 is 0.920 bits per heavy atom. The number of aromatic nitrogens is 2. The quantitative estimate of drug-likeness (QED) is 0.666. The molecule has 0 atom stereocenters. The molecule has 7 nitrogen and oxygen atoms in total. The number of aromatic amines is 2. The third-order valence-corrected chi connectivity index (χ3v) is 5.77. The van der Waals surface area contributed by atoms with Crippen molar-refractivity contribution in [2.45, 2.75) is 17.7 Å². The largest absolute Gasteiger partial charge is 0.372 e. The standard InChI is InChI=1S/C17H18N4O3S/c22-17-18-15-8-7-14(11-16(15)19-17)25(23,24)20-12-3-5-13(6-4-12)21-9-1-2-10-21/h3-8,11,20H,1-2,9-10H2,(H2,18,19,22). The molecule has 3 N–H and O–H groups in total. The summed E-state index contributed by atoms with van der Waals surface area (Å²) >= 11 is 0. The predicted octanol–water partition coefficient (Wildman–Crippen LogP) is 2.26. The molecule has 0 unspecified atom stereocenters. The highest BCUT2D eigenvalue weighted by atomic mass is 32.2. The van der Waals surface area contributed by atoms with Gasteiger partial charge < -0.3 is 14.9 Å².